The predicted molar refractivity (Wildman–Crippen MR) is 76.4 cm³/mol. The zero-order valence-electron chi connectivity index (χ0n) is 11.9. The molecule has 0 radical (unpaired) electrons. The number of aryl methyl sites for hydroxylation is 1. The first-order chi connectivity index (χ1) is 8.58. The molecule has 98 valence electrons. The van der Waals surface area contributed by atoms with E-state index in [-0.39, 0.29) is 0 Å². The van der Waals surface area contributed by atoms with E-state index in [1.165, 1.54) is 6.42 Å². The Bertz CT molecular complexity index is 474. The first-order valence-electron chi connectivity index (χ1n) is 6.23. The van der Waals surface area contributed by atoms with E-state index in [1.807, 2.05) is 50.4 Å². The zero-order chi connectivity index (χ0) is 13.5. The minimum Gasteiger partial charge on any atom is -0.378 e. The van der Waals surface area contributed by atoms with Crippen LogP contribution < -0.4 is 4.90 Å². The summed E-state index contributed by atoms with van der Waals surface area (Å²) in [5.74, 6) is 0.842. The van der Waals surface area contributed by atoms with Crippen LogP contribution in [0.1, 0.15) is 25.8 Å². The predicted octanol–water partition coefficient (Wildman–Crippen LogP) is 3.06. The monoisotopic (exact) mass is 246 g/mol. The van der Waals surface area contributed by atoms with Crippen molar-refractivity contribution in [2.45, 2.75) is 27.2 Å². The lowest BCUT2D eigenvalue weighted by atomic mass is 10.3. The highest BCUT2D eigenvalue weighted by Gasteiger charge is 2.01. The third kappa shape index (κ3) is 3.87. The fourth-order valence-electron chi connectivity index (χ4n) is 1.35. The highest BCUT2D eigenvalue weighted by molar-refractivity contribution is 5.48. The summed E-state index contributed by atoms with van der Waals surface area (Å²) in [6.45, 7) is 6.26. The average Bonchev–Trinajstić information content (AvgIpc) is 2.77. The van der Waals surface area contributed by atoms with Crippen molar-refractivity contribution in [2.24, 2.45) is 0 Å². The molecule has 2 aromatic heterocycles. The van der Waals surface area contributed by atoms with E-state index in [2.05, 4.69) is 23.9 Å². The summed E-state index contributed by atoms with van der Waals surface area (Å²) >= 11 is 0. The summed E-state index contributed by atoms with van der Waals surface area (Å²) in [5.41, 5.74) is 2.25. The van der Waals surface area contributed by atoms with Crippen LogP contribution >= 0.6 is 0 Å². The average molecular weight is 246 g/mol. The van der Waals surface area contributed by atoms with Crippen LogP contribution in [-0.4, -0.2) is 28.9 Å². The van der Waals surface area contributed by atoms with Crippen LogP contribution in [0.25, 0.3) is 5.82 Å². The molecule has 2 aromatic rings. The Kier molecular flexibility index (Phi) is 5.36. The number of aromatic nitrogens is 3. The lowest BCUT2D eigenvalue weighted by molar-refractivity contribution is 0.845. The third-order valence-electron chi connectivity index (χ3n) is 2.19. The fraction of sp³-hybridized carbons (Fsp3) is 0.429. The largest absolute Gasteiger partial charge is 0.378 e. The van der Waals surface area contributed by atoms with Gasteiger partial charge in [0.1, 0.15) is 0 Å². The number of nitrogens with zero attached hydrogens (tertiary/aromatic N) is 4. The topological polar surface area (TPSA) is 34.0 Å². The van der Waals surface area contributed by atoms with Crippen LogP contribution in [0.2, 0.25) is 0 Å². The molecule has 0 N–H and O–H groups in total. The molecule has 0 aliphatic heterocycles. The van der Waals surface area contributed by atoms with Gasteiger partial charge in [-0.25, -0.2) is 9.67 Å². The summed E-state index contributed by atoms with van der Waals surface area (Å²) in [7, 11) is 4.01. The van der Waals surface area contributed by atoms with Gasteiger partial charge in [-0.3, -0.25) is 0 Å². The van der Waals surface area contributed by atoms with Crippen molar-refractivity contribution in [3.05, 3.63) is 36.3 Å². The lowest BCUT2D eigenvalue weighted by Crippen LogP contribution is -2.09. The van der Waals surface area contributed by atoms with E-state index in [4.69, 9.17) is 0 Å². The maximum atomic E-state index is 4.28. The van der Waals surface area contributed by atoms with Crippen LogP contribution in [0.15, 0.2) is 30.7 Å². The number of anilines is 1. The molecule has 4 nitrogen and oxygen atoms in total. The van der Waals surface area contributed by atoms with Crippen LogP contribution in [0.4, 0.5) is 5.69 Å². The zero-order valence-corrected chi connectivity index (χ0v) is 11.9. The van der Waals surface area contributed by atoms with E-state index < -0.39 is 0 Å². The van der Waals surface area contributed by atoms with Gasteiger partial charge in [0.05, 0.1) is 6.20 Å². The molecule has 0 spiro atoms. The summed E-state index contributed by atoms with van der Waals surface area (Å²) in [4.78, 5) is 6.32. The fourth-order valence-corrected chi connectivity index (χ4v) is 1.35. The first-order valence-corrected chi connectivity index (χ1v) is 6.23. The van der Waals surface area contributed by atoms with E-state index in [0.717, 1.165) is 17.1 Å². The standard InChI is InChI=1S/C11H14N4.C3H8/c1-9-7-13-15(8-9)11-6-10(14(2)3)4-5-12-11;1-3-2/h4-8H,1-3H3;3H2,1-2H3. The Labute approximate surface area is 109 Å². The van der Waals surface area contributed by atoms with Gasteiger partial charge in [0, 0.05) is 38.2 Å². The van der Waals surface area contributed by atoms with Crippen molar-refractivity contribution >= 4 is 5.69 Å². The molecule has 4 heteroatoms. The SMILES string of the molecule is CCC.Cc1cnn(-c2cc(N(C)C)ccn2)c1. The van der Waals surface area contributed by atoms with Gasteiger partial charge in [-0.2, -0.15) is 5.10 Å². The van der Waals surface area contributed by atoms with Crippen LogP contribution in [0.5, 0.6) is 0 Å². The van der Waals surface area contributed by atoms with Gasteiger partial charge in [0.2, 0.25) is 0 Å². The molecule has 0 atom stereocenters. The Morgan fingerprint density at radius 1 is 1.28 bits per heavy atom. The Balaban J connectivity index is 0.000000492. The molecule has 0 amide bonds. The maximum absolute atomic E-state index is 4.28. The normalized spacial score (nSPS) is 9.61. The second-order valence-corrected chi connectivity index (χ2v) is 4.44. The van der Waals surface area contributed by atoms with Gasteiger partial charge in [0.15, 0.2) is 5.82 Å². The van der Waals surface area contributed by atoms with Gasteiger partial charge in [-0.1, -0.05) is 20.3 Å². The molecule has 0 saturated carbocycles. The number of hydrogen-bond donors (Lipinski definition) is 0. The van der Waals surface area contributed by atoms with Gasteiger partial charge in [0.25, 0.3) is 0 Å². The lowest BCUT2D eigenvalue weighted by Gasteiger charge is -2.12. The summed E-state index contributed by atoms with van der Waals surface area (Å²) in [6, 6.07) is 3.98. The molecule has 0 bridgehead atoms. The molecule has 2 heterocycles. The van der Waals surface area contributed by atoms with Crippen LogP contribution in [-0.2, 0) is 0 Å². The van der Waals surface area contributed by atoms with Crippen LogP contribution in [0.3, 0.4) is 0 Å². The highest BCUT2D eigenvalue weighted by Crippen LogP contribution is 2.13. The Morgan fingerprint density at radius 3 is 2.44 bits per heavy atom. The highest BCUT2D eigenvalue weighted by atomic mass is 15.3. The summed E-state index contributed by atoms with van der Waals surface area (Å²) in [6.07, 6.45) is 6.83. The van der Waals surface area contributed by atoms with Crippen molar-refractivity contribution in [3.63, 3.8) is 0 Å². The van der Waals surface area contributed by atoms with Gasteiger partial charge in [-0.05, 0) is 18.6 Å². The van der Waals surface area contributed by atoms with Crippen molar-refractivity contribution in [2.75, 3.05) is 19.0 Å². The quantitative estimate of drug-likeness (QED) is 0.816. The summed E-state index contributed by atoms with van der Waals surface area (Å²) in [5, 5.41) is 4.22. The van der Waals surface area contributed by atoms with Crippen molar-refractivity contribution in [3.8, 4) is 5.82 Å². The maximum Gasteiger partial charge on any atom is 0.155 e. The number of pyridine rings is 1. The van der Waals surface area contributed by atoms with Crippen molar-refractivity contribution < 1.29 is 0 Å². The van der Waals surface area contributed by atoms with E-state index in [1.54, 1.807) is 10.9 Å². The van der Waals surface area contributed by atoms with E-state index in [9.17, 15) is 0 Å². The van der Waals surface area contributed by atoms with Crippen molar-refractivity contribution in [1.82, 2.24) is 14.8 Å². The van der Waals surface area contributed by atoms with Crippen LogP contribution in [0, 0.1) is 6.92 Å². The molecule has 2 rings (SSSR count). The molecule has 0 aliphatic carbocycles. The third-order valence-corrected chi connectivity index (χ3v) is 2.19. The minimum atomic E-state index is 0.842. The van der Waals surface area contributed by atoms with Gasteiger partial charge >= 0.3 is 0 Å². The second kappa shape index (κ2) is 6.79. The Hall–Kier alpha value is -1.84. The second-order valence-electron chi connectivity index (χ2n) is 4.44. The van der Waals surface area contributed by atoms with Crippen molar-refractivity contribution in [1.29, 1.82) is 0 Å². The molecule has 0 saturated heterocycles. The van der Waals surface area contributed by atoms with Gasteiger partial charge in [-0.15, -0.1) is 0 Å². The molecule has 0 aliphatic rings. The number of hydrogen-bond acceptors (Lipinski definition) is 3. The molecule has 0 fully saturated rings. The van der Waals surface area contributed by atoms with E-state index in [0.29, 0.717) is 0 Å². The molecule has 0 unspecified atom stereocenters. The summed E-state index contributed by atoms with van der Waals surface area (Å²) < 4.78 is 1.78. The smallest absolute Gasteiger partial charge is 0.155 e. The molecular weight excluding hydrogens is 224 g/mol. The minimum absolute atomic E-state index is 0.842. The Morgan fingerprint density at radius 2 is 1.94 bits per heavy atom. The molecule has 18 heavy (non-hydrogen) atoms. The van der Waals surface area contributed by atoms with Gasteiger partial charge < -0.3 is 4.90 Å². The molecular formula is C14H22N4. The number of rotatable bonds is 2. The molecule has 0 aromatic carbocycles. The first kappa shape index (κ1) is 14.2. The van der Waals surface area contributed by atoms with E-state index >= 15 is 0 Å².